The minimum atomic E-state index is -0.856. The van der Waals surface area contributed by atoms with Gasteiger partial charge in [-0.15, -0.1) is 0 Å². The Hall–Kier alpha value is -1.44. The molecule has 0 spiro atoms. The van der Waals surface area contributed by atoms with Crippen LogP contribution in [-0.2, 0) is 6.42 Å². The summed E-state index contributed by atoms with van der Waals surface area (Å²) in [5.74, 6) is -0.310. The fourth-order valence-corrected chi connectivity index (χ4v) is 1.50. The maximum absolute atomic E-state index is 13.4. The van der Waals surface area contributed by atoms with Crippen LogP contribution in [0.25, 0.3) is 0 Å². The van der Waals surface area contributed by atoms with E-state index in [-0.39, 0.29) is 18.8 Å². The Kier molecular flexibility index (Phi) is 4.41. The number of nitrogens with zero attached hydrogens (tertiary/aromatic N) is 1. The molecule has 1 unspecified atom stereocenters. The van der Waals surface area contributed by atoms with Crippen molar-refractivity contribution in [3.63, 3.8) is 0 Å². The van der Waals surface area contributed by atoms with Gasteiger partial charge in [0.15, 0.2) is 0 Å². The lowest BCUT2D eigenvalue weighted by molar-refractivity contribution is 0.275. The van der Waals surface area contributed by atoms with E-state index in [1.54, 1.807) is 25.1 Å². The summed E-state index contributed by atoms with van der Waals surface area (Å²) in [6.07, 6.45) is 0.274. The van der Waals surface area contributed by atoms with Crippen molar-refractivity contribution in [2.75, 3.05) is 13.2 Å². The number of aliphatic hydroxyl groups is 1. The van der Waals surface area contributed by atoms with Gasteiger partial charge >= 0.3 is 0 Å². The van der Waals surface area contributed by atoms with Crippen LogP contribution in [0.3, 0.4) is 0 Å². The van der Waals surface area contributed by atoms with Gasteiger partial charge in [-0.3, -0.25) is 5.32 Å². The van der Waals surface area contributed by atoms with E-state index in [2.05, 4.69) is 11.4 Å². The standard InChI is InChI=1S/C12H15FN2O/c1-12(9-14,15-6-7-16)8-10-4-2-3-5-11(10)13/h2-5,15-16H,6-8H2,1H3. The lowest BCUT2D eigenvalue weighted by Crippen LogP contribution is -2.44. The Morgan fingerprint density at radius 2 is 2.19 bits per heavy atom. The van der Waals surface area contributed by atoms with Gasteiger partial charge < -0.3 is 5.11 Å². The third-order valence-corrected chi connectivity index (χ3v) is 2.38. The quantitative estimate of drug-likeness (QED) is 0.788. The maximum Gasteiger partial charge on any atom is 0.126 e. The third kappa shape index (κ3) is 3.30. The molecule has 86 valence electrons. The van der Waals surface area contributed by atoms with Gasteiger partial charge in [-0.1, -0.05) is 18.2 Å². The molecule has 4 heteroatoms. The number of halogens is 1. The molecule has 0 bridgehead atoms. The highest BCUT2D eigenvalue weighted by atomic mass is 19.1. The van der Waals surface area contributed by atoms with E-state index in [0.717, 1.165) is 0 Å². The van der Waals surface area contributed by atoms with Crippen LogP contribution in [0, 0.1) is 17.1 Å². The first kappa shape index (κ1) is 12.6. The second-order valence-electron chi connectivity index (χ2n) is 3.86. The molecule has 1 atom stereocenters. The second-order valence-corrected chi connectivity index (χ2v) is 3.86. The van der Waals surface area contributed by atoms with Crippen molar-refractivity contribution < 1.29 is 9.50 Å². The van der Waals surface area contributed by atoms with Crippen molar-refractivity contribution in [2.24, 2.45) is 0 Å². The fraction of sp³-hybridized carbons (Fsp3) is 0.417. The topological polar surface area (TPSA) is 56.0 Å². The van der Waals surface area contributed by atoms with Crippen molar-refractivity contribution in [3.05, 3.63) is 35.6 Å². The molecule has 1 rings (SSSR count). The van der Waals surface area contributed by atoms with Gasteiger partial charge in [-0.25, -0.2) is 4.39 Å². The van der Waals surface area contributed by atoms with Crippen molar-refractivity contribution in [2.45, 2.75) is 18.9 Å². The molecular weight excluding hydrogens is 207 g/mol. The fourth-order valence-electron chi connectivity index (χ4n) is 1.50. The van der Waals surface area contributed by atoms with E-state index < -0.39 is 5.54 Å². The SMILES string of the molecule is CC(C#N)(Cc1ccccc1F)NCCO. The Balaban J connectivity index is 2.78. The van der Waals surface area contributed by atoms with E-state index in [1.165, 1.54) is 6.07 Å². The minimum Gasteiger partial charge on any atom is -0.395 e. The average Bonchev–Trinajstić information content (AvgIpc) is 2.30. The van der Waals surface area contributed by atoms with Crippen LogP contribution in [0.5, 0.6) is 0 Å². The molecule has 0 saturated carbocycles. The zero-order valence-corrected chi connectivity index (χ0v) is 9.20. The van der Waals surface area contributed by atoms with Crippen LogP contribution in [-0.4, -0.2) is 23.8 Å². The average molecular weight is 222 g/mol. The minimum absolute atomic E-state index is 0.0471. The van der Waals surface area contributed by atoms with Crippen molar-refractivity contribution in [1.82, 2.24) is 5.32 Å². The molecule has 0 fully saturated rings. The summed E-state index contributed by atoms with van der Waals surface area (Å²) in [5.41, 5.74) is -0.359. The van der Waals surface area contributed by atoms with Crippen LogP contribution in [0.4, 0.5) is 4.39 Å². The lowest BCUT2D eigenvalue weighted by atomic mass is 9.94. The van der Waals surface area contributed by atoms with Gasteiger partial charge in [0, 0.05) is 13.0 Å². The van der Waals surface area contributed by atoms with Gasteiger partial charge in [-0.2, -0.15) is 5.26 Å². The van der Waals surface area contributed by atoms with Gasteiger partial charge in [0.25, 0.3) is 0 Å². The molecule has 0 saturated heterocycles. The largest absolute Gasteiger partial charge is 0.395 e. The molecule has 2 N–H and O–H groups in total. The van der Waals surface area contributed by atoms with E-state index in [4.69, 9.17) is 10.4 Å². The van der Waals surface area contributed by atoms with Gasteiger partial charge in [0.2, 0.25) is 0 Å². The summed E-state index contributed by atoms with van der Waals surface area (Å²) in [7, 11) is 0. The van der Waals surface area contributed by atoms with Gasteiger partial charge in [0.05, 0.1) is 12.7 Å². The first-order chi connectivity index (χ1) is 7.61. The van der Waals surface area contributed by atoms with E-state index in [0.29, 0.717) is 12.1 Å². The number of nitriles is 1. The number of benzene rings is 1. The Bertz CT molecular complexity index is 389. The summed E-state index contributed by atoms with van der Waals surface area (Å²) < 4.78 is 13.4. The molecule has 16 heavy (non-hydrogen) atoms. The third-order valence-electron chi connectivity index (χ3n) is 2.38. The first-order valence-corrected chi connectivity index (χ1v) is 5.12. The van der Waals surface area contributed by atoms with E-state index in [9.17, 15) is 4.39 Å². The number of hydrogen-bond donors (Lipinski definition) is 2. The van der Waals surface area contributed by atoms with Crippen molar-refractivity contribution in [1.29, 1.82) is 5.26 Å². The van der Waals surface area contributed by atoms with Crippen LogP contribution in [0.2, 0.25) is 0 Å². The zero-order valence-electron chi connectivity index (χ0n) is 9.20. The van der Waals surface area contributed by atoms with E-state index >= 15 is 0 Å². The number of rotatable bonds is 5. The molecular formula is C12H15FN2O. The smallest absolute Gasteiger partial charge is 0.126 e. The second kappa shape index (κ2) is 5.59. The van der Waals surface area contributed by atoms with Crippen LogP contribution in [0.15, 0.2) is 24.3 Å². The van der Waals surface area contributed by atoms with Crippen molar-refractivity contribution in [3.8, 4) is 6.07 Å². The van der Waals surface area contributed by atoms with Gasteiger partial charge in [0.1, 0.15) is 11.4 Å². The predicted molar refractivity (Wildman–Crippen MR) is 59.2 cm³/mol. The maximum atomic E-state index is 13.4. The molecule has 0 radical (unpaired) electrons. The molecule has 0 amide bonds. The lowest BCUT2D eigenvalue weighted by Gasteiger charge is -2.23. The summed E-state index contributed by atoms with van der Waals surface area (Å²) >= 11 is 0. The Labute approximate surface area is 94.5 Å². The number of β-amino-alcohol motifs (C(OH)–C–C–N with tert-alkyl or cyclic N) is 1. The highest BCUT2D eigenvalue weighted by Crippen LogP contribution is 2.15. The number of nitrogens with one attached hydrogen (secondary N) is 1. The first-order valence-electron chi connectivity index (χ1n) is 5.12. The monoisotopic (exact) mass is 222 g/mol. The molecule has 0 aliphatic rings. The van der Waals surface area contributed by atoms with Gasteiger partial charge in [-0.05, 0) is 18.6 Å². The normalized spacial score (nSPS) is 14.1. The summed E-state index contributed by atoms with van der Waals surface area (Å²) in [4.78, 5) is 0. The Morgan fingerprint density at radius 3 is 2.75 bits per heavy atom. The Morgan fingerprint density at radius 1 is 1.50 bits per heavy atom. The number of aliphatic hydroxyl groups excluding tert-OH is 1. The summed E-state index contributed by atoms with van der Waals surface area (Å²) in [5, 5.41) is 20.6. The summed E-state index contributed by atoms with van der Waals surface area (Å²) in [6, 6.07) is 8.49. The zero-order chi connectivity index (χ0) is 12.0. The highest BCUT2D eigenvalue weighted by Gasteiger charge is 2.24. The molecule has 0 aliphatic carbocycles. The molecule has 1 aromatic rings. The molecule has 0 aromatic heterocycles. The molecule has 1 aromatic carbocycles. The molecule has 0 aliphatic heterocycles. The number of hydrogen-bond acceptors (Lipinski definition) is 3. The molecule has 0 heterocycles. The van der Waals surface area contributed by atoms with Crippen LogP contribution in [0.1, 0.15) is 12.5 Å². The van der Waals surface area contributed by atoms with Crippen LogP contribution < -0.4 is 5.32 Å². The summed E-state index contributed by atoms with van der Waals surface area (Å²) in [6.45, 7) is 1.96. The van der Waals surface area contributed by atoms with E-state index in [1.807, 2.05) is 0 Å². The highest BCUT2D eigenvalue weighted by molar-refractivity contribution is 5.23. The van der Waals surface area contributed by atoms with Crippen LogP contribution >= 0.6 is 0 Å². The predicted octanol–water partition coefficient (Wildman–Crippen LogP) is 1.23. The molecule has 3 nitrogen and oxygen atoms in total. The van der Waals surface area contributed by atoms with Crippen molar-refractivity contribution >= 4 is 0 Å².